The van der Waals surface area contributed by atoms with Gasteiger partial charge in [0.2, 0.25) is 0 Å². The van der Waals surface area contributed by atoms with Crippen LogP contribution >= 0.6 is 0 Å². The standard InChI is InChI=1S/C27H24N4O/c1-17-15-23-25(18-9-5-3-6-10-18)26(19-11-7-4-8-12-19)30-31(23)27(32)24(17)20-13-14-21(28)22(16-20)29-2/h3-14,16,29H,15,28H2,1-2H3. The first-order valence-corrected chi connectivity index (χ1v) is 10.6. The van der Waals surface area contributed by atoms with Gasteiger partial charge < -0.3 is 11.1 Å². The van der Waals surface area contributed by atoms with E-state index in [1.807, 2.05) is 80.7 Å². The van der Waals surface area contributed by atoms with Gasteiger partial charge in [-0.2, -0.15) is 9.78 Å². The molecule has 5 heteroatoms. The van der Waals surface area contributed by atoms with Crippen LogP contribution in [0.5, 0.6) is 0 Å². The third kappa shape index (κ3) is 3.19. The summed E-state index contributed by atoms with van der Waals surface area (Å²) in [6.45, 7) is 2.02. The van der Waals surface area contributed by atoms with Crippen LogP contribution in [0.2, 0.25) is 0 Å². The van der Waals surface area contributed by atoms with Crippen molar-refractivity contribution in [3.63, 3.8) is 0 Å². The highest BCUT2D eigenvalue weighted by Gasteiger charge is 2.31. The van der Waals surface area contributed by atoms with E-state index in [4.69, 9.17) is 10.8 Å². The molecule has 0 bridgehead atoms. The van der Waals surface area contributed by atoms with Gasteiger partial charge in [0, 0.05) is 30.2 Å². The third-order valence-corrected chi connectivity index (χ3v) is 5.97. The van der Waals surface area contributed by atoms with Crippen molar-refractivity contribution in [3.8, 4) is 22.4 Å². The zero-order valence-corrected chi connectivity index (χ0v) is 18.1. The van der Waals surface area contributed by atoms with Crippen LogP contribution in [0.4, 0.5) is 11.4 Å². The van der Waals surface area contributed by atoms with Crippen molar-refractivity contribution in [2.75, 3.05) is 18.1 Å². The Labute approximate surface area is 187 Å². The number of carbonyl (C=O) groups excluding carboxylic acids is 1. The highest BCUT2D eigenvalue weighted by atomic mass is 16.2. The molecule has 1 aliphatic rings. The summed E-state index contributed by atoms with van der Waals surface area (Å²) < 4.78 is 1.59. The molecule has 0 amide bonds. The maximum absolute atomic E-state index is 13.7. The van der Waals surface area contributed by atoms with Gasteiger partial charge in [0.1, 0.15) is 5.69 Å². The lowest BCUT2D eigenvalue weighted by Gasteiger charge is -2.20. The number of nitrogens with two attached hydrogens (primary N) is 1. The molecule has 3 aromatic carbocycles. The maximum Gasteiger partial charge on any atom is 0.279 e. The van der Waals surface area contributed by atoms with E-state index in [-0.39, 0.29) is 5.91 Å². The van der Waals surface area contributed by atoms with Gasteiger partial charge in [0.05, 0.1) is 17.1 Å². The highest BCUT2D eigenvalue weighted by Crippen LogP contribution is 2.40. The Hall–Kier alpha value is -4.12. The number of allylic oxidation sites excluding steroid dienone is 2. The van der Waals surface area contributed by atoms with Gasteiger partial charge in [-0.1, -0.05) is 72.3 Å². The van der Waals surface area contributed by atoms with Crippen LogP contribution in [0.3, 0.4) is 0 Å². The molecule has 158 valence electrons. The molecule has 0 aliphatic carbocycles. The monoisotopic (exact) mass is 420 g/mol. The lowest BCUT2D eigenvalue weighted by Crippen LogP contribution is -2.23. The summed E-state index contributed by atoms with van der Waals surface area (Å²) in [7, 11) is 1.82. The molecule has 0 spiro atoms. The number of nitrogens with one attached hydrogen (secondary N) is 1. The summed E-state index contributed by atoms with van der Waals surface area (Å²) in [5.41, 5.74) is 14.8. The number of benzene rings is 3. The smallest absolute Gasteiger partial charge is 0.279 e. The van der Waals surface area contributed by atoms with Crippen molar-refractivity contribution >= 4 is 22.9 Å². The molecule has 4 aromatic rings. The number of nitrogen functional groups attached to an aromatic ring is 1. The molecule has 5 nitrogen and oxygen atoms in total. The Balaban J connectivity index is 1.70. The summed E-state index contributed by atoms with van der Waals surface area (Å²) in [5.74, 6) is -0.116. The number of hydrogen-bond acceptors (Lipinski definition) is 4. The van der Waals surface area contributed by atoms with Gasteiger partial charge in [-0.15, -0.1) is 0 Å². The SMILES string of the molecule is CNc1cc(C2=C(C)Cc3c(-c4ccccc4)c(-c4ccccc4)nn3C2=O)ccc1N. The quantitative estimate of drug-likeness (QED) is 0.427. The fourth-order valence-corrected chi connectivity index (χ4v) is 4.42. The molecule has 5 rings (SSSR count). The Morgan fingerprint density at radius 3 is 2.22 bits per heavy atom. The van der Waals surface area contributed by atoms with Crippen molar-refractivity contribution in [2.24, 2.45) is 0 Å². The Morgan fingerprint density at radius 2 is 1.56 bits per heavy atom. The molecule has 0 fully saturated rings. The van der Waals surface area contributed by atoms with Gasteiger partial charge in [0.25, 0.3) is 5.91 Å². The average molecular weight is 421 g/mol. The third-order valence-electron chi connectivity index (χ3n) is 5.97. The largest absolute Gasteiger partial charge is 0.397 e. The maximum atomic E-state index is 13.7. The first-order chi connectivity index (χ1) is 15.6. The minimum absolute atomic E-state index is 0.116. The van der Waals surface area contributed by atoms with Gasteiger partial charge in [-0.3, -0.25) is 4.79 Å². The van der Waals surface area contributed by atoms with E-state index in [2.05, 4.69) is 17.4 Å². The lowest BCUT2D eigenvalue weighted by atomic mass is 9.90. The molecule has 0 saturated carbocycles. The van der Waals surface area contributed by atoms with E-state index < -0.39 is 0 Å². The van der Waals surface area contributed by atoms with Gasteiger partial charge in [0.15, 0.2) is 0 Å². The average Bonchev–Trinajstić information content (AvgIpc) is 3.21. The van der Waals surface area contributed by atoms with E-state index in [0.29, 0.717) is 17.7 Å². The fraction of sp³-hybridized carbons (Fsp3) is 0.111. The Kier molecular flexibility index (Phi) is 4.86. The molecule has 0 radical (unpaired) electrons. The molecular weight excluding hydrogens is 396 g/mol. The second kappa shape index (κ2) is 7.85. The first kappa shape index (κ1) is 19.8. The van der Waals surface area contributed by atoms with Crippen molar-refractivity contribution in [3.05, 3.63) is 95.7 Å². The molecule has 32 heavy (non-hydrogen) atoms. The summed E-state index contributed by atoms with van der Waals surface area (Å²) in [5, 5.41) is 7.94. The minimum Gasteiger partial charge on any atom is -0.397 e. The molecule has 1 aliphatic heterocycles. The van der Waals surface area contributed by atoms with E-state index in [0.717, 1.165) is 44.9 Å². The Morgan fingerprint density at radius 1 is 0.906 bits per heavy atom. The second-order valence-corrected chi connectivity index (χ2v) is 8.00. The molecular formula is C27H24N4O. The molecule has 0 unspecified atom stereocenters. The molecule has 0 atom stereocenters. The number of aromatic nitrogens is 2. The number of rotatable bonds is 4. The summed E-state index contributed by atoms with van der Waals surface area (Å²) >= 11 is 0. The van der Waals surface area contributed by atoms with Crippen LogP contribution in [0.1, 0.15) is 23.0 Å². The van der Waals surface area contributed by atoms with E-state index in [1.165, 1.54) is 0 Å². The van der Waals surface area contributed by atoms with E-state index >= 15 is 0 Å². The van der Waals surface area contributed by atoms with Crippen LogP contribution < -0.4 is 11.1 Å². The predicted octanol–water partition coefficient (Wildman–Crippen LogP) is 5.51. The highest BCUT2D eigenvalue weighted by molar-refractivity contribution is 6.23. The van der Waals surface area contributed by atoms with Gasteiger partial charge in [-0.05, 0) is 30.2 Å². The topological polar surface area (TPSA) is 72.9 Å². The van der Waals surface area contributed by atoms with Crippen LogP contribution in [0, 0.1) is 0 Å². The molecule has 2 heterocycles. The first-order valence-electron chi connectivity index (χ1n) is 10.6. The number of nitrogens with zero attached hydrogens (tertiary/aromatic N) is 2. The molecule has 1 aromatic heterocycles. The van der Waals surface area contributed by atoms with Crippen LogP contribution in [0.25, 0.3) is 28.0 Å². The summed E-state index contributed by atoms with van der Waals surface area (Å²) in [6, 6.07) is 25.9. The predicted molar refractivity (Wildman–Crippen MR) is 130 cm³/mol. The van der Waals surface area contributed by atoms with E-state index in [9.17, 15) is 4.79 Å². The number of hydrogen-bond donors (Lipinski definition) is 2. The van der Waals surface area contributed by atoms with Crippen molar-refractivity contribution < 1.29 is 4.79 Å². The Bertz CT molecular complexity index is 1350. The minimum atomic E-state index is -0.116. The van der Waals surface area contributed by atoms with Crippen LogP contribution in [0.15, 0.2) is 84.4 Å². The summed E-state index contributed by atoms with van der Waals surface area (Å²) in [4.78, 5) is 13.7. The molecule has 3 N–H and O–H groups in total. The lowest BCUT2D eigenvalue weighted by molar-refractivity contribution is 0.0958. The van der Waals surface area contributed by atoms with Crippen molar-refractivity contribution in [1.29, 1.82) is 0 Å². The number of carbonyl (C=O) groups is 1. The van der Waals surface area contributed by atoms with Gasteiger partial charge in [-0.25, -0.2) is 0 Å². The van der Waals surface area contributed by atoms with Crippen molar-refractivity contribution in [1.82, 2.24) is 9.78 Å². The zero-order valence-electron chi connectivity index (χ0n) is 18.1. The molecule has 0 saturated heterocycles. The van der Waals surface area contributed by atoms with Crippen LogP contribution in [-0.4, -0.2) is 22.7 Å². The second-order valence-electron chi connectivity index (χ2n) is 8.00. The zero-order chi connectivity index (χ0) is 22.2. The van der Waals surface area contributed by atoms with Crippen LogP contribution in [-0.2, 0) is 6.42 Å². The van der Waals surface area contributed by atoms with Gasteiger partial charge >= 0.3 is 0 Å². The number of anilines is 2. The number of fused-ring (bicyclic) bond motifs is 1. The fourth-order valence-electron chi connectivity index (χ4n) is 4.42. The normalized spacial score (nSPS) is 13.2. The summed E-state index contributed by atoms with van der Waals surface area (Å²) in [6.07, 6.45) is 0.643. The van der Waals surface area contributed by atoms with E-state index in [1.54, 1.807) is 4.68 Å². The van der Waals surface area contributed by atoms with Crippen molar-refractivity contribution in [2.45, 2.75) is 13.3 Å².